The molecule has 0 amide bonds. The summed E-state index contributed by atoms with van der Waals surface area (Å²) in [5.74, 6) is 5.44. The number of hydrogen-bond acceptors (Lipinski definition) is 3. The summed E-state index contributed by atoms with van der Waals surface area (Å²) in [6.45, 7) is 9.76. The van der Waals surface area contributed by atoms with Crippen molar-refractivity contribution < 1.29 is 0 Å². The van der Waals surface area contributed by atoms with E-state index >= 15 is 0 Å². The maximum Gasteiger partial charge on any atom is 0.203 e. The minimum absolute atomic E-state index is 0.233. The van der Waals surface area contributed by atoms with E-state index in [1.165, 1.54) is 0 Å². The van der Waals surface area contributed by atoms with Crippen LogP contribution in [0.3, 0.4) is 0 Å². The number of nitrogens with zero attached hydrogens (tertiary/aromatic N) is 2. The van der Waals surface area contributed by atoms with Gasteiger partial charge in [0.25, 0.3) is 0 Å². The van der Waals surface area contributed by atoms with E-state index in [0.717, 1.165) is 32.5 Å². The van der Waals surface area contributed by atoms with E-state index in [1.54, 1.807) is 0 Å². The highest BCUT2D eigenvalue weighted by Gasteiger charge is 2.03. The normalized spacial score (nSPS) is 14.3. The van der Waals surface area contributed by atoms with Crippen molar-refractivity contribution >= 4 is 5.96 Å². The quantitative estimate of drug-likeness (QED) is 0.246. The number of hydrazine groups is 1. The lowest BCUT2D eigenvalue weighted by Crippen LogP contribution is -2.38. The second kappa shape index (κ2) is 8.49. The molecule has 90 valence electrons. The molecule has 0 aliphatic heterocycles. The number of rotatable bonds is 7. The number of guanidine groups is 1. The van der Waals surface area contributed by atoms with Gasteiger partial charge < -0.3 is 10.6 Å². The van der Waals surface area contributed by atoms with Crippen LogP contribution in [0, 0.1) is 0 Å². The van der Waals surface area contributed by atoms with Crippen LogP contribution in [0.5, 0.6) is 0 Å². The van der Waals surface area contributed by atoms with Gasteiger partial charge in [-0.3, -0.25) is 5.43 Å². The van der Waals surface area contributed by atoms with Crippen LogP contribution < -0.4 is 17.0 Å². The molecule has 0 fully saturated rings. The molecule has 15 heavy (non-hydrogen) atoms. The lowest BCUT2D eigenvalue weighted by atomic mass is 10.2. The maximum absolute atomic E-state index is 5.46. The summed E-state index contributed by atoms with van der Waals surface area (Å²) in [4.78, 5) is 6.59. The number of nitrogens with one attached hydrogen (secondary N) is 1. The summed E-state index contributed by atoms with van der Waals surface area (Å²) < 4.78 is 0. The molecule has 0 aliphatic rings. The Morgan fingerprint density at radius 1 is 1.40 bits per heavy atom. The molecule has 0 radical (unpaired) electrons. The van der Waals surface area contributed by atoms with Gasteiger partial charge in [0.15, 0.2) is 0 Å². The first kappa shape index (κ1) is 14.2. The molecule has 0 saturated carbocycles. The second-order valence-corrected chi connectivity index (χ2v) is 3.68. The molecule has 5 N–H and O–H groups in total. The van der Waals surface area contributed by atoms with E-state index in [0.29, 0.717) is 5.96 Å². The van der Waals surface area contributed by atoms with Crippen LogP contribution in [0.2, 0.25) is 0 Å². The Morgan fingerprint density at radius 2 is 2.00 bits per heavy atom. The third-order valence-electron chi connectivity index (χ3n) is 2.50. The fourth-order valence-corrected chi connectivity index (χ4v) is 1.49. The zero-order valence-electron chi connectivity index (χ0n) is 10.2. The van der Waals surface area contributed by atoms with Gasteiger partial charge in [0.2, 0.25) is 5.96 Å². The van der Waals surface area contributed by atoms with Crippen molar-refractivity contribution in [3.8, 4) is 0 Å². The fraction of sp³-hybridized carbons (Fsp3) is 0.900. The van der Waals surface area contributed by atoms with E-state index in [1.807, 2.05) is 6.92 Å². The molecule has 0 aromatic heterocycles. The zero-order chi connectivity index (χ0) is 11.7. The minimum atomic E-state index is 0.233. The molecule has 0 spiro atoms. The van der Waals surface area contributed by atoms with Crippen molar-refractivity contribution in [2.75, 3.05) is 19.6 Å². The van der Waals surface area contributed by atoms with Crippen LogP contribution in [0.4, 0.5) is 0 Å². The predicted molar refractivity (Wildman–Crippen MR) is 65.4 cm³/mol. The topological polar surface area (TPSA) is 79.7 Å². The summed E-state index contributed by atoms with van der Waals surface area (Å²) in [5, 5.41) is 0. The SMILES string of the molecule is CCN(CC)CCCC(C)N=C(N)NN. The number of aliphatic imine (C=N–C) groups is 1. The minimum Gasteiger partial charge on any atom is -0.369 e. The standard InChI is InChI=1S/C10H25N5/c1-4-15(5-2)8-6-7-9(3)13-10(11)14-12/h9H,4-8,12H2,1-3H3,(H3,11,13,14). The van der Waals surface area contributed by atoms with E-state index < -0.39 is 0 Å². The van der Waals surface area contributed by atoms with Crippen LogP contribution in [0.25, 0.3) is 0 Å². The van der Waals surface area contributed by atoms with E-state index in [4.69, 9.17) is 11.6 Å². The Balaban J connectivity index is 3.67. The van der Waals surface area contributed by atoms with Gasteiger partial charge in [-0.25, -0.2) is 10.8 Å². The molecule has 1 unspecified atom stereocenters. The third kappa shape index (κ3) is 7.16. The molecular weight excluding hydrogens is 190 g/mol. The smallest absolute Gasteiger partial charge is 0.203 e. The van der Waals surface area contributed by atoms with E-state index in [2.05, 4.69) is 29.2 Å². The molecule has 5 heteroatoms. The monoisotopic (exact) mass is 215 g/mol. The molecule has 1 atom stereocenters. The van der Waals surface area contributed by atoms with Crippen LogP contribution in [-0.2, 0) is 0 Å². The lowest BCUT2D eigenvalue weighted by Gasteiger charge is -2.18. The van der Waals surface area contributed by atoms with Gasteiger partial charge >= 0.3 is 0 Å². The van der Waals surface area contributed by atoms with Crippen molar-refractivity contribution in [2.24, 2.45) is 16.6 Å². The maximum atomic E-state index is 5.46. The third-order valence-corrected chi connectivity index (χ3v) is 2.50. The molecule has 0 heterocycles. The highest BCUT2D eigenvalue weighted by Crippen LogP contribution is 2.02. The van der Waals surface area contributed by atoms with Crippen LogP contribution in [0.15, 0.2) is 4.99 Å². The average molecular weight is 215 g/mol. The van der Waals surface area contributed by atoms with Gasteiger partial charge in [0.05, 0.1) is 6.04 Å². The summed E-state index contributed by atoms with van der Waals surface area (Å²) >= 11 is 0. The number of nitrogens with two attached hydrogens (primary N) is 2. The lowest BCUT2D eigenvalue weighted by molar-refractivity contribution is 0.294. The van der Waals surface area contributed by atoms with Gasteiger partial charge in [-0.2, -0.15) is 0 Å². The summed E-state index contributed by atoms with van der Waals surface area (Å²) in [6, 6.07) is 0.233. The van der Waals surface area contributed by atoms with Gasteiger partial charge in [-0.15, -0.1) is 0 Å². The Morgan fingerprint density at radius 3 is 2.47 bits per heavy atom. The highest BCUT2D eigenvalue weighted by atomic mass is 15.3. The molecular formula is C10H25N5. The Kier molecular flexibility index (Phi) is 8.04. The van der Waals surface area contributed by atoms with Crippen molar-refractivity contribution in [1.29, 1.82) is 0 Å². The molecule has 0 rings (SSSR count). The van der Waals surface area contributed by atoms with Gasteiger partial charge in [0, 0.05) is 0 Å². The van der Waals surface area contributed by atoms with Gasteiger partial charge in [-0.05, 0) is 39.4 Å². The Hall–Kier alpha value is -0.810. The van der Waals surface area contributed by atoms with Crippen molar-refractivity contribution in [3.05, 3.63) is 0 Å². The Bertz CT molecular complexity index is 177. The molecule has 5 nitrogen and oxygen atoms in total. The van der Waals surface area contributed by atoms with Crippen molar-refractivity contribution in [3.63, 3.8) is 0 Å². The predicted octanol–water partition coefficient (Wildman–Crippen LogP) is 0.275. The molecule has 0 aromatic rings. The largest absolute Gasteiger partial charge is 0.369 e. The second-order valence-electron chi connectivity index (χ2n) is 3.68. The zero-order valence-corrected chi connectivity index (χ0v) is 10.2. The van der Waals surface area contributed by atoms with E-state index in [-0.39, 0.29) is 6.04 Å². The first-order valence-corrected chi connectivity index (χ1v) is 5.66. The first-order chi connectivity index (χ1) is 7.13. The van der Waals surface area contributed by atoms with Crippen LogP contribution in [0.1, 0.15) is 33.6 Å². The van der Waals surface area contributed by atoms with Crippen LogP contribution >= 0.6 is 0 Å². The molecule has 0 bridgehead atoms. The highest BCUT2D eigenvalue weighted by molar-refractivity contribution is 5.77. The first-order valence-electron chi connectivity index (χ1n) is 5.66. The summed E-state index contributed by atoms with van der Waals surface area (Å²) in [5.41, 5.74) is 7.80. The summed E-state index contributed by atoms with van der Waals surface area (Å²) in [7, 11) is 0. The average Bonchev–Trinajstić information content (AvgIpc) is 2.24. The van der Waals surface area contributed by atoms with Gasteiger partial charge in [-0.1, -0.05) is 13.8 Å². The van der Waals surface area contributed by atoms with Crippen molar-refractivity contribution in [2.45, 2.75) is 39.7 Å². The number of hydrogen-bond donors (Lipinski definition) is 3. The molecule has 0 saturated heterocycles. The fourth-order valence-electron chi connectivity index (χ4n) is 1.49. The molecule has 0 aromatic carbocycles. The Labute approximate surface area is 92.9 Å². The summed E-state index contributed by atoms with van der Waals surface area (Å²) in [6.07, 6.45) is 2.18. The van der Waals surface area contributed by atoms with Crippen molar-refractivity contribution in [1.82, 2.24) is 10.3 Å². The van der Waals surface area contributed by atoms with Crippen LogP contribution in [-0.4, -0.2) is 36.5 Å². The van der Waals surface area contributed by atoms with Gasteiger partial charge in [0.1, 0.15) is 0 Å². The van der Waals surface area contributed by atoms with E-state index in [9.17, 15) is 0 Å². The molecule has 0 aliphatic carbocycles.